The fraction of sp³-hybridized carbons (Fsp3) is 0.375. The van der Waals surface area contributed by atoms with Crippen molar-refractivity contribution in [1.82, 2.24) is 10.3 Å². The molecule has 1 aliphatic carbocycles. The molecule has 3 aromatic rings. The van der Waals surface area contributed by atoms with Crippen LogP contribution in [0.15, 0.2) is 42.5 Å². The predicted molar refractivity (Wildman–Crippen MR) is 128 cm³/mol. The third-order valence-electron chi connectivity index (χ3n) is 5.72. The minimum atomic E-state index is -1.55. The second kappa shape index (κ2) is 8.89. The number of nitrogens with one attached hydrogen (secondary N) is 1. The maximum Gasteiger partial charge on any atom is 0.488 e. The second-order valence-corrected chi connectivity index (χ2v) is 10.7. The van der Waals surface area contributed by atoms with E-state index in [-0.39, 0.29) is 24.8 Å². The van der Waals surface area contributed by atoms with Crippen molar-refractivity contribution in [2.24, 2.45) is 5.41 Å². The first-order chi connectivity index (χ1) is 15.5. The van der Waals surface area contributed by atoms with Gasteiger partial charge in [0.25, 0.3) is 0 Å². The molecule has 0 unspecified atom stereocenters. The zero-order chi connectivity index (χ0) is 23.8. The standard InChI is InChI=1S/C24H27BN2O5S/c1-23(2,3)32-21(28)13-24(11-15-6-4-5-7-16(15)12-24)22(29)26-14-20-27-18-9-8-17(25(30)31)10-19(18)33-20/h4-10,30-31H,11-14H2,1-3H3,(H,26,29). The molecule has 1 heterocycles. The molecule has 0 atom stereocenters. The van der Waals surface area contributed by atoms with E-state index in [4.69, 9.17) is 4.74 Å². The molecule has 0 aliphatic heterocycles. The highest BCUT2D eigenvalue weighted by atomic mass is 32.1. The summed E-state index contributed by atoms with van der Waals surface area (Å²) in [6, 6.07) is 12.9. The summed E-state index contributed by atoms with van der Waals surface area (Å²) in [6.07, 6.45) is 0.958. The van der Waals surface area contributed by atoms with Crippen LogP contribution in [0.4, 0.5) is 0 Å². The van der Waals surface area contributed by atoms with Crippen LogP contribution < -0.4 is 10.8 Å². The van der Waals surface area contributed by atoms with Crippen molar-refractivity contribution < 1.29 is 24.4 Å². The Kier molecular flexibility index (Phi) is 6.31. The van der Waals surface area contributed by atoms with E-state index in [1.807, 2.05) is 45.0 Å². The number of nitrogens with zero attached hydrogens (tertiary/aromatic N) is 1. The monoisotopic (exact) mass is 466 g/mol. The van der Waals surface area contributed by atoms with Crippen LogP contribution >= 0.6 is 11.3 Å². The van der Waals surface area contributed by atoms with Crippen LogP contribution in [-0.4, -0.2) is 39.6 Å². The Bertz CT molecular complexity index is 1180. The van der Waals surface area contributed by atoms with Gasteiger partial charge in [0, 0.05) is 0 Å². The number of benzene rings is 2. The Morgan fingerprint density at radius 3 is 2.42 bits per heavy atom. The Hall–Kier alpha value is -2.75. The van der Waals surface area contributed by atoms with Crippen LogP contribution in [0.2, 0.25) is 0 Å². The highest BCUT2D eigenvalue weighted by molar-refractivity contribution is 7.18. The van der Waals surface area contributed by atoms with Crippen molar-refractivity contribution in [2.45, 2.75) is 52.2 Å². The van der Waals surface area contributed by atoms with Gasteiger partial charge in [0.1, 0.15) is 10.6 Å². The summed E-state index contributed by atoms with van der Waals surface area (Å²) in [7, 11) is -1.55. The fourth-order valence-corrected chi connectivity index (χ4v) is 5.24. The number of thiazole rings is 1. The van der Waals surface area contributed by atoms with Gasteiger partial charge in [-0.25, -0.2) is 4.98 Å². The normalized spacial score (nSPS) is 14.7. The van der Waals surface area contributed by atoms with Gasteiger partial charge in [0.05, 0.1) is 28.6 Å². The molecule has 4 rings (SSSR count). The number of fused-ring (bicyclic) bond motifs is 2. The molecule has 9 heteroatoms. The molecule has 0 saturated heterocycles. The zero-order valence-corrected chi connectivity index (χ0v) is 19.7. The summed E-state index contributed by atoms with van der Waals surface area (Å²) in [5.74, 6) is -0.587. The van der Waals surface area contributed by atoms with Crippen molar-refractivity contribution in [3.05, 3.63) is 58.6 Å². The zero-order valence-electron chi connectivity index (χ0n) is 18.9. The fourth-order valence-electron chi connectivity index (χ4n) is 4.28. The first-order valence-corrected chi connectivity index (χ1v) is 11.7. The SMILES string of the molecule is CC(C)(C)OC(=O)CC1(C(=O)NCc2nc3ccc(B(O)O)cc3s2)Cc2ccccc2C1. The van der Waals surface area contributed by atoms with Gasteiger partial charge in [-0.05, 0) is 62.3 Å². The molecule has 1 aliphatic rings. The molecule has 2 aromatic carbocycles. The van der Waals surface area contributed by atoms with E-state index in [0.29, 0.717) is 23.3 Å². The number of hydrogen-bond acceptors (Lipinski definition) is 7. The van der Waals surface area contributed by atoms with Gasteiger partial charge in [-0.1, -0.05) is 30.3 Å². The first kappa shape index (κ1) is 23.4. The summed E-state index contributed by atoms with van der Waals surface area (Å²) < 4.78 is 6.34. The third kappa shape index (κ3) is 5.26. The number of aromatic nitrogens is 1. The molecule has 1 aromatic heterocycles. The van der Waals surface area contributed by atoms with Gasteiger partial charge >= 0.3 is 13.1 Å². The van der Waals surface area contributed by atoms with Crippen LogP contribution in [0.3, 0.4) is 0 Å². The van der Waals surface area contributed by atoms with E-state index in [9.17, 15) is 19.6 Å². The summed E-state index contributed by atoms with van der Waals surface area (Å²) in [5.41, 5.74) is 1.74. The van der Waals surface area contributed by atoms with Crippen molar-refractivity contribution in [3.63, 3.8) is 0 Å². The molecule has 0 saturated carbocycles. The number of hydrogen-bond donors (Lipinski definition) is 3. The Balaban J connectivity index is 1.52. The van der Waals surface area contributed by atoms with Gasteiger partial charge in [-0.2, -0.15) is 0 Å². The van der Waals surface area contributed by atoms with Crippen molar-refractivity contribution in [2.75, 3.05) is 0 Å². The predicted octanol–water partition coefficient (Wildman–Crippen LogP) is 2.11. The smallest absolute Gasteiger partial charge is 0.460 e. The Labute approximate surface area is 197 Å². The highest BCUT2D eigenvalue weighted by Crippen LogP contribution is 2.40. The number of esters is 1. The van der Waals surface area contributed by atoms with Gasteiger partial charge < -0.3 is 20.1 Å². The number of carbonyl (C=O) groups excluding carboxylic acids is 2. The molecule has 0 radical (unpaired) electrons. The van der Waals surface area contributed by atoms with E-state index in [2.05, 4.69) is 10.3 Å². The average Bonchev–Trinajstić information content (AvgIpc) is 3.30. The largest absolute Gasteiger partial charge is 0.488 e. The summed E-state index contributed by atoms with van der Waals surface area (Å²) in [5, 5.41) is 22.4. The van der Waals surface area contributed by atoms with Crippen LogP contribution in [0, 0.1) is 5.41 Å². The molecule has 0 fully saturated rings. The topological polar surface area (TPSA) is 109 Å². The minimum absolute atomic E-state index is 0.00236. The first-order valence-electron chi connectivity index (χ1n) is 10.9. The molecule has 0 bridgehead atoms. The van der Waals surface area contributed by atoms with Gasteiger partial charge in [0.2, 0.25) is 5.91 Å². The van der Waals surface area contributed by atoms with Gasteiger partial charge in [-0.15, -0.1) is 11.3 Å². The maximum atomic E-state index is 13.5. The quantitative estimate of drug-likeness (QED) is 0.379. The Morgan fingerprint density at radius 2 is 1.82 bits per heavy atom. The van der Waals surface area contributed by atoms with Crippen molar-refractivity contribution >= 4 is 46.0 Å². The summed E-state index contributed by atoms with van der Waals surface area (Å²) in [4.78, 5) is 30.7. The molecular formula is C24H27BN2O5S. The summed E-state index contributed by atoms with van der Waals surface area (Å²) in [6.45, 7) is 5.67. The second-order valence-electron chi connectivity index (χ2n) is 9.56. The van der Waals surface area contributed by atoms with Crippen LogP contribution in [0.25, 0.3) is 10.2 Å². The molecule has 3 N–H and O–H groups in total. The molecule has 1 amide bonds. The number of carbonyl (C=O) groups is 2. The van der Waals surface area contributed by atoms with Gasteiger partial charge in [-0.3, -0.25) is 9.59 Å². The van der Waals surface area contributed by atoms with Crippen molar-refractivity contribution in [1.29, 1.82) is 0 Å². The van der Waals surface area contributed by atoms with Crippen LogP contribution in [-0.2, 0) is 33.7 Å². The van der Waals surface area contributed by atoms with E-state index in [0.717, 1.165) is 21.3 Å². The van der Waals surface area contributed by atoms with Crippen LogP contribution in [0.1, 0.15) is 43.3 Å². The number of amides is 1. The Morgan fingerprint density at radius 1 is 1.15 bits per heavy atom. The lowest BCUT2D eigenvalue weighted by atomic mass is 9.80. The van der Waals surface area contributed by atoms with Crippen LogP contribution in [0.5, 0.6) is 0 Å². The maximum absolute atomic E-state index is 13.5. The third-order valence-corrected chi connectivity index (χ3v) is 6.73. The van der Waals surface area contributed by atoms with E-state index in [1.165, 1.54) is 11.3 Å². The van der Waals surface area contributed by atoms with Gasteiger partial charge in [0.15, 0.2) is 0 Å². The number of ether oxygens (including phenoxy) is 1. The highest BCUT2D eigenvalue weighted by Gasteiger charge is 2.46. The molecule has 7 nitrogen and oxygen atoms in total. The van der Waals surface area contributed by atoms with E-state index in [1.54, 1.807) is 18.2 Å². The number of rotatable bonds is 6. The molecule has 33 heavy (non-hydrogen) atoms. The lowest BCUT2D eigenvalue weighted by Gasteiger charge is -2.28. The molecule has 172 valence electrons. The summed E-state index contributed by atoms with van der Waals surface area (Å²) >= 11 is 1.38. The van der Waals surface area contributed by atoms with E-state index >= 15 is 0 Å². The van der Waals surface area contributed by atoms with Crippen molar-refractivity contribution in [3.8, 4) is 0 Å². The average molecular weight is 466 g/mol. The minimum Gasteiger partial charge on any atom is -0.460 e. The lowest BCUT2D eigenvalue weighted by Crippen LogP contribution is -2.44. The lowest BCUT2D eigenvalue weighted by molar-refractivity contribution is -0.160. The molecule has 0 spiro atoms. The van der Waals surface area contributed by atoms with E-state index < -0.39 is 18.1 Å². The molecular weight excluding hydrogens is 439 g/mol.